The minimum absolute atomic E-state index is 0.0000974. The highest BCUT2D eigenvalue weighted by Gasteiger charge is 2.55. The molecular formula is C24H24F3N3O4S. The van der Waals surface area contributed by atoms with Crippen LogP contribution in [0.3, 0.4) is 0 Å². The Bertz CT molecular complexity index is 1140. The first-order chi connectivity index (χ1) is 16.8. The second-order valence-electron chi connectivity index (χ2n) is 8.26. The van der Waals surface area contributed by atoms with E-state index < -0.39 is 52.9 Å². The number of carbonyl (C=O) groups excluding carboxylic acids is 2. The number of benzene rings is 2. The number of halogens is 3. The minimum Gasteiger partial charge on any atom is -0.365 e. The van der Waals surface area contributed by atoms with Crippen molar-refractivity contribution in [2.75, 3.05) is 27.4 Å². The van der Waals surface area contributed by atoms with Gasteiger partial charge in [0.2, 0.25) is 0 Å². The van der Waals surface area contributed by atoms with Crippen molar-refractivity contribution in [2.45, 2.75) is 23.3 Å². The molecule has 1 fully saturated rings. The van der Waals surface area contributed by atoms with E-state index in [9.17, 15) is 18.4 Å². The number of ether oxygens (including phenoxy) is 1. The van der Waals surface area contributed by atoms with E-state index in [0.717, 1.165) is 29.0 Å². The average Bonchev–Trinajstić information content (AvgIpc) is 2.87. The van der Waals surface area contributed by atoms with Gasteiger partial charge in [-0.1, -0.05) is 36.0 Å². The quantitative estimate of drug-likeness (QED) is 0.628. The van der Waals surface area contributed by atoms with Crippen molar-refractivity contribution in [2.24, 2.45) is 10.9 Å². The zero-order chi connectivity index (χ0) is 25.2. The third-order valence-corrected chi connectivity index (χ3v) is 7.44. The largest absolute Gasteiger partial charge is 0.365 e. The van der Waals surface area contributed by atoms with Crippen LogP contribution in [0.5, 0.6) is 0 Å². The molecule has 0 saturated carbocycles. The van der Waals surface area contributed by atoms with Gasteiger partial charge in [0, 0.05) is 35.4 Å². The molecule has 2 aromatic carbocycles. The Morgan fingerprint density at radius 3 is 2.66 bits per heavy atom. The molecule has 0 spiro atoms. The Morgan fingerprint density at radius 2 is 2.00 bits per heavy atom. The zero-order valence-electron chi connectivity index (χ0n) is 19.0. The summed E-state index contributed by atoms with van der Waals surface area (Å²) in [6.45, 7) is -1.11. The number of carbonyl (C=O) groups is 2. The van der Waals surface area contributed by atoms with Crippen LogP contribution in [0, 0.1) is 17.6 Å². The lowest BCUT2D eigenvalue weighted by Gasteiger charge is -2.49. The maximum Gasteiger partial charge on any atom is 0.274 e. The summed E-state index contributed by atoms with van der Waals surface area (Å²) in [7, 11) is 2.75. The number of likely N-dealkylation sites (N-methyl/N-ethyl adjacent to an activating group) is 1. The number of alkyl halides is 1. The summed E-state index contributed by atoms with van der Waals surface area (Å²) in [5.74, 6) is -3.29. The molecule has 1 N–H and O–H groups in total. The normalized spacial score (nSPS) is 25.9. The van der Waals surface area contributed by atoms with Gasteiger partial charge in [-0.2, -0.15) is 0 Å². The van der Waals surface area contributed by atoms with Crippen molar-refractivity contribution in [3.8, 4) is 0 Å². The monoisotopic (exact) mass is 507 g/mol. The van der Waals surface area contributed by atoms with Crippen LogP contribution in [-0.4, -0.2) is 60.8 Å². The summed E-state index contributed by atoms with van der Waals surface area (Å²) in [5, 5.41) is 2.99. The number of hydrogen-bond acceptors (Lipinski definition) is 6. The Kier molecular flexibility index (Phi) is 7.48. The number of hydrogen-bond donors (Lipinski definition) is 1. The molecule has 0 aromatic heterocycles. The first kappa shape index (κ1) is 25.2. The standard InChI is InChI=1S/C24H24F3N3O4S/c1-30(33-2)22(32)19-11-17-20(12-25)35-23(28-21(31)14-6-4-3-5-7-14)29-24(17,13-34-19)16-9-8-15(26)10-18(16)27/h3-10,17,19-20H,11-13H2,1-2H3,(H,28,29,31)/t17-,19+,20+,24+/m0/s1. The maximum atomic E-state index is 15.1. The van der Waals surface area contributed by atoms with E-state index in [4.69, 9.17) is 9.57 Å². The van der Waals surface area contributed by atoms with Crippen LogP contribution < -0.4 is 5.32 Å². The molecular weight excluding hydrogens is 483 g/mol. The van der Waals surface area contributed by atoms with E-state index in [0.29, 0.717) is 5.56 Å². The van der Waals surface area contributed by atoms with Gasteiger partial charge in [0.05, 0.1) is 13.7 Å². The van der Waals surface area contributed by atoms with E-state index in [1.165, 1.54) is 20.2 Å². The summed E-state index contributed by atoms with van der Waals surface area (Å²) in [4.78, 5) is 35.0. The number of nitrogens with zero attached hydrogens (tertiary/aromatic N) is 2. The van der Waals surface area contributed by atoms with Crippen molar-refractivity contribution in [1.82, 2.24) is 10.4 Å². The molecule has 4 rings (SSSR count). The number of hydroxylamine groups is 2. The van der Waals surface area contributed by atoms with Gasteiger partial charge in [-0.15, -0.1) is 0 Å². The number of amidine groups is 1. The summed E-state index contributed by atoms with van der Waals surface area (Å²) in [6, 6.07) is 11.4. The van der Waals surface area contributed by atoms with E-state index in [1.54, 1.807) is 30.3 Å². The van der Waals surface area contributed by atoms with Crippen LogP contribution in [0.2, 0.25) is 0 Å². The summed E-state index contributed by atoms with van der Waals surface area (Å²) >= 11 is 1.01. The van der Waals surface area contributed by atoms with Crippen LogP contribution in [0.1, 0.15) is 22.3 Å². The molecule has 4 atom stereocenters. The first-order valence-corrected chi connectivity index (χ1v) is 11.7. The highest BCUT2D eigenvalue weighted by atomic mass is 32.2. The Labute approximate surface area is 204 Å². The molecule has 0 radical (unpaired) electrons. The number of nitrogens with one attached hydrogen (secondary N) is 1. The van der Waals surface area contributed by atoms with Gasteiger partial charge in [-0.3, -0.25) is 14.4 Å². The lowest BCUT2D eigenvalue weighted by Crippen LogP contribution is -2.57. The van der Waals surface area contributed by atoms with E-state index in [-0.39, 0.29) is 23.8 Å². The molecule has 186 valence electrons. The molecule has 0 aliphatic carbocycles. The van der Waals surface area contributed by atoms with Gasteiger partial charge in [0.25, 0.3) is 11.8 Å². The maximum absolute atomic E-state index is 15.1. The number of rotatable bonds is 5. The predicted octanol–water partition coefficient (Wildman–Crippen LogP) is 3.46. The molecule has 11 heteroatoms. The number of thioether (sulfide) groups is 1. The van der Waals surface area contributed by atoms with Gasteiger partial charge in [-0.05, 0) is 24.6 Å². The Morgan fingerprint density at radius 1 is 1.26 bits per heavy atom. The predicted molar refractivity (Wildman–Crippen MR) is 124 cm³/mol. The third kappa shape index (κ3) is 4.93. The highest BCUT2D eigenvalue weighted by Crippen LogP contribution is 2.50. The molecule has 0 unspecified atom stereocenters. The second-order valence-corrected chi connectivity index (χ2v) is 9.48. The van der Waals surface area contributed by atoms with Crippen LogP contribution in [0.4, 0.5) is 13.2 Å². The van der Waals surface area contributed by atoms with Crippen molar-refractivity contribution in [3.05, 3.63) is 71.3 Å². The fourth-order valence-corrected chi connectivity index (χ4v) is 5.65. The van der Waals surface area contributed by atoms with E-state index in [1.807, 2.05) is 0 Å². The molecule has 2 amide bonds. The van der Waals surface area contributed by atoms with Gasteiger partial charge in [0.15, 0.2) is 5.17 Å². The Hall–Kier alpha value is -2.89. The topological polar surface area (TPSA) is 80.2 Å². The van der Waals surface area contributed by atoms with Gasteiger partial charge in [-0.25, -0.2) is 23.2 Å². The average molecular weight is 508 g/mol. The molecule has 1 saturated heterocycles. The number of aliphatic imine (C=N–C) groups is 1. The van der Waals surface area contributed by atoms with E-state index >= 15 is 4.39 Å². The van der Waals surface area contributed by atoms with Crippen molar-refractivity contribution >= 4 is 28.7 Å². The zero-order valence-corrected chi connectivity index (χ0v) is 19.9. The number of fused-ring (bicyclic) bond motifs is 1. The first-order valence-electron chi connectivity index (χ1n) is 10.9. The lowest BCUT2D eigenvalue weighted by molar-refractivity contribution is -0.188. The van der Waals surface area contributed by atoms with Gasteiger partial charge < -0.3 is 10.1 Å². The summed E-state index contributed by atoms with van der Waals surface area (Å²) in [5.41, 5.74) is -1.12. The molecule has 2 aromatic rings. The Balaban J connectivity index is 1.76. The van der Waals surface area contributed by atoms with Gasteiger partial charge >= 0.3 is 0 Å². The fraction of sp³-hybridized carbons (Fsp3) is 0.375. The smallest absolute Gasteiger partial charge is 0.274 e. The van der Waals surface area contributed by atoms with Gasteiger partial charge in [0.1, 0.15) is 30.0 Å². The SMILES string of the molecule is CON(C)C(=O)[C@H]1C[C@H]2[C@@H](CF)SC(NC(=O)c3ccccc3)=N[C@@]2(c2ccc(F)cc2F)CO1. The van der Waals surface area contributed by atoms with E-state index in [2.05, 4.69) is 10.3 Å². The molecule has 2 aliphatic heterocycles. The molecule has 0 bridgehead atoms. The minimum atomic E-state index is -1.48. The second kappa shape index (κ2) is 10.4. The highest BCUT2D eigenvalue weighted by molar-refractivity contribution is 8.14. The fourth-order valence-electron chi connectivity index (χ4n) is 4.43. The molecule has 7 nitrogen and oxygen atoms in total. The summed E-state index contributed by atoms with van der Waals surface area (Å²) < 4.78 is 49.0. The molecule has 35 heavy (non-hydrogen) atoms. The molecule has 2 heterocycles. The van der Waals surface area contributed by atoms with Crippen molar-refractivity contribution < 1.29 is 32.3 Å². The van der Waals surface area contributed by atoms with Crippen LogP contribution >= 0.6 is 11.8 Å². The van der Waals surface area contributed by atoms with Crippen LogP contribution in [0.25, 0.3) is 0 Å². The lowest BCUT2D eigenvalue weighted by atomic mass is 9.72. The van der Waals surface area contributed by atoms with Crippen LogP contribution in [-0.2, 0) is 19.9 Å². The number of amides is 2. The van der Waals surface area contributed by atoms with Crippen molar-refractivity contribution in [1.29, 1.82) is 0 Å². The molecule has 2 aliphatic rings. The summed E-state index contributed by atoms with van der Waals surface area (Å²) in [6.07, 6.45) is -0.944. The van der Waals surface area contributed by atoms with Crippen LogP contribution in [0.15, 0.2) is 53.5 Å². The van der Waals surface area contributed by atoms with Crippen molar-refractivity contribution in [3.63, 3.8) is 0 Å². The third-order valence-electron chi connectivity index (χ3n) is 6.26.